The average Bonchev–Trinajstić information content (AvgIpc) is 2.30. The fraction of sp³-hybridized carbons (Fsp3) is 0.625. The van der Waals surface area contributed by atoms with Gasteiger partial charge in [-0.3, -0.25) is 0 Å². The summed E-state index contributed by atoms with van der Waals surface area (Å²) in [6.07, 6.45) is 6.87. The fourth-order valence-electron chi connectivity index (χ4n) is 3.00. The molecular weight excluding hydrogens is 208 g/mol. The number of hydrogen-bond donors (Lipinski definition) is 1. The van der Waals surface area contributed by atoms with E-state index in [2.05, 4.69) is 38.1 Å². The number of benzene rings is 1. The molecule has 0 spiro atoms. The van der Waals surface area contributed by atoms with Crippen molar-refractivity contribution in [1.82, 2.24) is 0 Å². The SMILES string of the molecule is Cc1cccc(CC(O)C2(C)CCCCC2)c1. The van der Waals surface area contributed by atoms with Gasteiger partial charge >= 0.3 is 0 Å². The van der Waals surface area contributed by atoms with Gasteiger partial charge in [-0.05, 0) is 37.2 Å². The van der Waals surface area contributed by atoms with Crippen molar-refractivity contribution in [3.05, 3.63) is 35.4 Å². The first-order valence-electron chi connectivity index (χ1n) is 6.84. The molecule has 1 aliphatic rings. The molecule has 1 nitrogen and oxygen atoms in total. The van der Waals surface area contributed by atoms with Gasteiger partial charge in [-0.15, -0.1) is 0 Å². The second-order valence-corrected chi connectivity index (χ2v) is 5.92. The van der Waals surface area contributed by atoms with E-state index in [1.807, 2.05) is 0 Å². The van der Waals surface area contributed by atoms with E-state index in [1.54, 1.807) is 0 Å². The quantitative estimate of drug-likeness (QED) is 0.838. The molecule has 1 aromatic carbocycles. The molecule has 2 rings (SSSR count). The zero-order valence-electron chi connectivity index (χ0n) is 11.1. The zero-order chi connectivity index (χ0) is 12.3. The van der Waals surface area contributed by atoms with Crippen molar-refractivity contribution >= 4 is 0 Å². The molecule has 0 aliphatic heterocycles. The van der Waals surface area contributed by atoms with Crippen LogP contribution >= 0.6 is 0 Å². The van der Waals surface area contributed by atoms with Crippen molar-refractivity contribution < 1.29 is 5.11 Å². The van der Waals surface area contributed by atoms with Crippen LogP contribution in [0.25, 0.3) is 0 Å². The predicted molar refractivity (Wildman–Crippen MR) is 72.1 cm³/mol. The van der Waals surface area contributed by atoms with Crippen molar-refractivity contribution in [3.8, 4) is 0 Å². The molecule has 1 atom stereocenters. The molecule has 0 amide bonds. The molecule has 0 heterocycles. The van der Waals surface area contributed by atoms with E-state index in [1.165, 1.54) is 43.2 Å². The van der Waals surface area contributed by atoms with Crippen molar-refractivity contribution in [2.75, 3.05) is 0 Å². The van der Waals surface area contributed by atoms with Crippen LogP contribution in [0.5, 0.6) is 0 Å². The molecule has 0 saturated heterocycles. The summed E-state index contributed by atoms with van der Waals surface area (Å²) in [5.41, 5.74) is 2.69. The maximum Gasteiger partial charge on any atom is 0.0634 e. The minimum absolute atomic E-state index is 0.141. The van der Waals surface area contributed by atoms with Crippen LogP contribution in [0.1, 0.15) is 50.2 Å². The monoisotopic (exact) mass is 232 g/mol. The smallest absolute Gasteiger partial charge is 0.0634 e. The van der Waals surface area contributed by atoms with Crippen LogP contribution in [0.3, 0.4) is 0 Å². The van der Waals surface area contributed by atoms with Crippen LogP contribution < -0.4 is 0 Å². The highest BCUT2D eigenvalue weighted by molar-refractivity contribution is 5.23. The Bertz CT molecular complexity index is 364. The number of rotatable bonds is 3. The lowest BCUT2D eigenvalue weighted by Crippen LogP contribution is -2.35. The summed E-state index contributed by atoms with van der Waals surface area (Å²) in [6, 6.07) is 8.51. The first-order valence-corrected chi connectivity index (χ1v) is 6.84. The Morgan fingerprint density at radius 2 is 1.94 bits per heavy atom. The van der Waals surface area contributed by atoms with E-state index < -0.39 is 0 Å². The number of aliphatic hydroxyl groups excluding tert-OH is 1. The minimum Gasteiger partial charge on any atom is -0.392 e. The van der Waals surface area contributed by atoms with Gasteiger partial charge in [0, 0.05) is 0 Å². The van der Waals surface area contributed by atoms with Crippen LogP contribution in [0.4, 0.5) is 0 Å². The first-order chi connectivity index (χ1) is 8.10. The maximum absolute atomic E-state index is 10.5. The van der Waals surface area contributed by atoms with Gasteiger partial charge in [0.2, 0.25) is 0 Å². The van der Waals surface area contributed by atoms with E-state index in [9.17, 15) is 5.11 Å². The Morgan fingerprint density at radius 1 is 1.24 bits per heavy atom. The highest BCUT2D eigenvalue weighted by atomic mass is 16.3. The summed E-state index contributed by atoms with van der Waals surface area (Å²) in [4.78, 5) is 0. The van der Waals surface area contributed by atoms with E-state index in [-0.39, 0.29) is 11.5 Å². The van der Waals surface area contributed by atoms with Crippen LogP contribution in [0.15, 0.2) is 24.3 Å². The maximum atomic E-state index is 10.5. The highest BCUT2D eigenvalue weighted by Crippen LogP contribution is 2.39. The summed E-state index contributed by atoms with van der Waals surface area (Å²) in [5, 5.41) is 10.5. The van der Waals surface area contributed by atoms with Gasteiger partial charge in [0.05, 0.1) is 6.10 Å². The molecule has 0 radical (unpaired) electrons. The third-order valence-corrected chi connectivity index (χ3v) is 4.31. The summed E-state index contributed by atoms with van der Waals surface area (Å²) < 4.78 is 0. The van der Waals surface area contributed by atoms with E-state index in [0.29, 0.717) is 0 Å². The average molecular weight is 232 g/mol. The molecule has 1 N–H and O–H groups in total. The lowest BCUT2D eigenvalue weighted by Gasteiger charge is -2.38. The van der Waals surface area contributed by atoms with Gasteiger partial charge in [-0.25, -0.2) is 0 Å². The standard InChI is InChI=1S/C16H24O/c1-13-7-6-8-14(11-13)12-15(17)16(2)9-4-3-5-10-16/h6-8,11,15,17H,3-5,9-10,12H2,1-2H3. The van der Waals surface area contributed by atoms with Crippen LogP contribution in [-0.2, 0) is 6.42 Å². The molecule has 17 heavy (non-hydrogen) atoms. The van der Waals surface area contributed by atoms with E-state index in [0.717, 1.165) is 6.42 Å². The normalized spacial score (nSPS) is 21.1. The fourth-order valence-corrected chi connectivity index (χ4v) is 3.00. The van der Waals surface area contributed by atoms with Crippen molar-refractivity contribution in [3.63, 3.8) is 0 Å². The van der Waals surface area contributed by atoms with Crippen molar-refractivity contribution in [2.45, 2.75) is 58.5 Å². The second-order valence-electron chi connectivity index (χ2n) is 5.92. The third kappa shape index (κ3) is 3.10. The Balaban J connectivity index is 2.02. The first kappa shape index (κ1) is 12.6. The van der Waals surface area contributed by atoms with Gasteiger partial charge in [0.1, 0.15) is 0 Å². The Kier molecular flexibility index (Phi) is 3.88. The van der Waals surface area contributed by atoms with Crippen LogP contribution in [0.2, 0.25) is 0 Å². The lowest BCUT2D eigenvalue weighted by atomic mass is 9.70. The van der Waals surface area contributed by atoms with E-state index in [4.69, 9.17) is 0 Å². The molecule has 1 heteroatoms. The molecule has 1 aromatic rings. The van der Waals surface area contributed by atoms with Crippen LogP contribution in [0, 0.1) is 12.3 Å². The molecule has 1 fully saturated rings. The summed E-state index contributed by atoms with van der Waals surface area (Å²) in [6.45, 7) is 4.37. The van der Waals surface area contributed by atoms with Gasteiger partial charge in [-0.2, -0.15) is 0 Å². The highest BCUT2D eigenvalue weighted by Gasteiger charge is 2.34. The Hall–Kier alpha value is -0.820. The molecule has 1 aliphatic carbocycles. The van der Waals surface area contributed by atoms with Crippen molar-refractivity contribution in [1.29, 1.82) is 0 Å². The summed E-state index contributed by atoms with van der Waals surface area (Å²) in [7, 11) is 0. The largest absolute Gasteiger partial charge is 0.392 e. The Labute approximate surface area is 105 Å². The number of aliphatic hydroxyl groups is 1. The Morgan fingerprint density at radius 3 is 2.59 bits per heavy atom. The minimum atomic E-state index is -0.190. The van der Waals surface area contributed by atoms with Gasteiger partial charge in [0.15, 0.2) is 0 Å². The second kappa shape index (κ2) is 5.22. The van der Waals surface area contributed by atoms with Crippen molar-refractivity contribution in [2.24, 2.45) is 5.41 Å². The molecule has 0 aromatic heterocycles. The molecule has 0 bridgehead atoms. The predicted octanol–water partition coefficient (Wildman–Crippen LogP) is 3.87. The molecule has 1 saturated carbocycles. The molecule has 1 unspecified atom stereocenters. The lowest BCUT2D eigenvalue weighted by molar-refractivity contribution is 0.0104. The van der Waals surface area contributed by atoms with E-state index >= 15 is 0 Å². The topological polar surface area (TPSA) is 20.2 Å². The van der Waals surface area contributed by atoms with Crippen LogP contribution in [-0.4, -0.2) is 11.2 Å². The van der Waals surface area contributed by atoms with Gasteiger partial charge in [0.25, 0.3) is 0 Å². The zero-order valence-corrected chi connectivity index (χ0v) is 11.1. The third-order valence-electron chi connectivity index (χ3n) is 4.31. The molecular formula is C16H24O. The van der Waals surface area contributed by atoms with Gasteiger partial charge < -0.3 is 5.11 Å². The number of hydrogen-bond acceptors (Lipinski definition) is 1. The van der Waals surface area contributed by atoms with Gasteiger partial charge in [-0.1, -0.05) is 56.0 Å². The number of aryl methyl sites for hydroxylation is 1. The summed E-state index contributed by atoms with van der Waals surface area (Å²) in [5.74, 6) is 0. The summed E-state index contributed by atoms with van der Waals surface area (Å²) >= 11 is 0. The molecule has 94 valence electrons.